The summed E-state index contributed by atoms with van der Waals surface area (Å²) in [6.45, 7) is 0.897. The largest absolute Gasteiger partial charge is 0.494 e. The van der Waals surface area contributed by atoms with E-state index >= 15 is 0 Å². The van der Waals surface area contributed by atoms with E-state index in [0.717, 1.165) is 17.0 Å². The van der Waals surface area contributed by atoms with Gasteiger partial charge >= 0.3 is 5.69 Å². The van der Waals surface area contributed by atoms with E-state index in [9.17, 15) is 9.59 Å². The quantitative estimate of drug-likeness (QED) is 0.225. The van der Waals surface area contributed by atoms with Crippen LogP contribution < -0.4 is 26.3 Å². The third-order valence-corrected chi connectivity index (χ3v) is 5.33. The van der Waals surface area contributed by atoms with Crippen molar-refractivity contribution in [3.63, 3.8) is 0 Å². The number of nitrogens with zero attached hydrogens (tertiary/aromatic N) is 5. The first-order valence-electron chi connectivity index (χ1n) is 10.9. The summed E-state index contributed by atoms with van der Waals surface area (Å²) in [7, 11) is 5.53. The summed E-state index contributed by atoms with van der Waals surface area (Å²) < 4.78 is 8.79. The molecular weight excluding hydrogens is 434 g/mol. The zero-order valence-corrected chi connectivity index (χ0v) is 19.4. The topological polar surface area (TPSA) is 110 Å². The average molecular weight is 462 g/mol. The Morgan fingerprint density at radius 2 is 1.85 bits per heavy atom. The molecule has 2 aromatic heterocycles. The van der Waals surface area contributed by atoms with E-state index in [1.54, 1.807) is 17.8 Å². The van der Waals surface area contributed by atoms with Gasteiger partial charge in [0.15, 0.2) is 11.2 Å². The molecule has 0 atom stereocenters. The first-order chi connectivity index (χ1) is 16.4. The minimum Gasteiger partial charge on any atom is -0.494 e. The molecule has 0 fully saturated rings. The molecule has 0 bridgehead atoms. The lowest BCUT2D eigenvalue weighted by Crippen LogP contribution is -2.29. The molecule has 0 aliphatic heterocycles. The SMILES string of the molecule is CN(C)c1ccc(C=NNc2nc3c(c(=O)[nH]c(=O)n3C)n2CCCOc2ccccc2)cc1. The van der Waals surface area contributed by atoms with Gasteiger partial charge in [-0.25, -0.2) is 10.2 Å². The lowest BCUT2D eigenvalue weighted by Gasteiger charge is -2.11. The van der Waals surface area contributed by atoms with Crippen LogP contribution in [-0.2, 0) is 13.6 Å². The van der Waals surface area contributed by atoms with Crippen LogP contribution in [0.1, 0.15) is 12.0 Å². The summed E-state index contributed by atoms with van der Waals surface area (Å²) in [5.41, 5.74) is 4.48. The van der Waals surface area contributed by atoms with Gasteiger partial charge in [0.05, 0.1) is 12.8 Å². The number of ether oxygens (including phenoxy) is 1. The standard InChI is InChI=1S/C24H27N7O3/c1-29(2)18-12-10-17(11-13-18)16-25-28-23-26-21-20(22(32)27-24(33)30(21)3)31(23)14-7-15-34-19-8-5-4-6-9-19/h4-6,8-13,16H,7,14-15H2,1-3H3,(H,26,28)(H,27,32,33). The van der Waals surface area contributed by atoms with Crippen molar-refractivity contribution >= 4 is 29.0 Å². The first kappa shape index (κ1) is 22.8. The zero-order chi connectivity index (χ0) is 24.1. The first-order valence-corrected chi connectivity index (χ1v) is 10.9. The number of imidazole rings is 1. The Morgan fingerprint density at radius 1 is 1.12 bits per heavy atom. The summed E-state index contributed by atoms with van der Waals surface area (Å²) in [4.78, 5) is 33.5. The average Bonchev–Trinajstić information content (AvgIpc) is 3.20. The van der Waals surface area contributed by atoms with E-state index in [0.29, 0.717) is 31.0 Å². The molecule has 0 spiro atoms. The Morgan fingerprint density at radius 3 is 2.56 bits per heavy atom. The molecule has 2 heterocycles. The predicted molar refractivity (Wildman–Crippen MR) is 134 cm³/mol. The number of nitrogens with one attached hydrogen (secondary N) is 2. The highest BCUT2D eigenvalue weighted by Crippen LogP contribution is 2.17. The number of H-pyrrole nitrogens is 1. The number of aromatic nitrogens is 4. The molecular formula is C24H27N7O3. The van der Waals surface area contributed by atoms with Crippen LogP contribution in [0.2, 0.25) is 0 Å². The number of rotatable bonds is 9. The van der Waals surface area contributed by atoms with Gasteiger partial charge < -0.3 is 14.2 Å². The number of fused-ring (bicyclic) bond motifs is 1. The maximum absolute atomic E-state index is 12.6. The second-order valence-electron chi connectivity index (χ2n) is 7.95. The van der Waals surface area contributed by atoms with Gasteiger partial charge in [-0.15, -0.1) is 0 Å². The van der Waals surface area contributed by atoms with Gasteiger partial charge in [0.1, 0.15) is 5.75 Å². The summed E-state index contributed by atoms with van der Waals surface area (Å²) in [5.74, 6) is 1.14. The Kier molecular flexibility index (Phi) is 6.77. The van der Waals surface area contributed by atoms with Crippen LogP contribution in [0.3, 0.4) is 0 Å². The van der Waals surface area contributed by atoms with Crippen molar-refractivity contribution in [3.8, 4) is 5.75 Å². The van der Waals surface area contributed by atoms with E-state index < -0.39 is 11.2 Å². The summed E-state index contributed by atoms with van der Waals surface area (Å²) >= 11 is 0. The molecule has 10 heteroatoms. The molecule has 0 amide bonds. The molecule has 4 aromatic rings. The molecule has 2 N–H and O–H groups in total. The van der Waals surface area contributed by atoms with Gasteiger partial charge in [-0.3, -0.25) is 14.3 Å². The second kappa shape index (κ2) is 10.1. The predicted octanol–water partition coefficient (Wildman–Crippen LogP) is 2.40. The van der Waals surface area contributed by atoms with Crippen LogP contribution in [0, 0.1) is 0 Å². The highest BCUT2D eigenvalue weighted by molar-refractivity contribution is 5.81. The zero-order valence-electron chi connectivity index (χ0n) is 19.4. The highest BCUT2D eigenvalue weighted by Gasteiger charge is 2.17. The Labute approximate surface area is 196 Å². The fourth-order valence-electron chi connectivity index (χ4n) is 3.49. The molecule has 10 nitrogen and oxygen atoms in total. The number of aromatic amines is 1. The van der Waals surface area contributed by atoms with E-state index in [4.69, 9.17) is 4.74 Å². The summed E-state index contributed by atoms with van der Waals surface area (Å²) in [6, 6.07) is 17.4. The molecule has 0 aliphatic carbocycles. The number of hydrogen-bond donors (Lipinski definition) is 2. The summed E-state index contributed by atoms with van der Waals surface area (Å²) in [6.07, 6.45) is 2.29. The maximum atomic E-state index is 12.6. The van der Waals surface area contributed by atoms with Gasteiger partial charge in [0.25, 0.3) is 5.56 Å². The molecule has 0 saturated heterocycles. The van der Waals surface area contributed by atoms with Crippen molar-refractivity contribution in [3.05, 3.63) is 81.0 Å². The lowest BCUT2D eigenvalue weighted by molar-refractivity contribution is 0.303. The minimum atomic E-state index is -0.523. The number of hydrogen-bond acceptors (Lipinski definition) is 7. The Hall–Kier alpha value is -4.34. The van der Waals surface area contributed by atoms with Gasteiger partial charge in [-0.2, -0.15) is 10.1 Å². The Bertz CT molecular complexity index is 1400. The van der Waals surface area contributed by atoms with Crippen molar-refractivity contribution < 1.29 is 4.74 Å². The van der Waals surface area contributed by atoms with Gasteiger partial charge in [0, 0.05) is 33.4 Å². The fraction of sp³-hybridized carbons (Fsp3) is 0.250. The molecule has 4 rings (SSSR count). The third kappa shape index (κ3) is 5.01. The normalized spacial score (nSPS) is 11.3. The van der Waals surface area contributed by atoms with Crippen LogP contribution in [0.4, 0.5) is 11.6 Å². The molecule has 0 aliphatic rings. The maximum Gasteiger partial charge on any atom is 0.329 e. The number of benzene rings is 2. The highest BCUT2D eigenvalue weighted by atomic mass is 16.5. The molecule has 0 radical (unpaired) electrons. The van der Waals surface area contributed by atoms with Gasteiger partial charge in [-0.05, 0) is 36.2 Å². The van der Waals surface area contributed by atoms with Crippen molar-refractivity contribution in [2.75, 3.05) is 31.0 Å². The number of para-hydroxylation sites is 1. The molecule has 0 unspecified atom stereocenters. The van der Waals surface area contributed by atoms with E-state index in [-0.39, 0.29) is 5.65 Å². The number of aryl methyl sites for hydroxylation is 2. The summed E-state index contributed by atoms with van der Waals surface area (Å²) in [5, 5.41) is 4.30. The van der Waals surface area contributed by atoms with E-state index in [1.165, 1.54) is 4.57 Å². The van der Waals surface area contributed by atoms with Crippen LogP contribution >= 0.6 is 0 Å². The molecule has 34 heavy (non-hydrogen) atoms. The van der Waals surface area contributed by atoms with Crippen LogP contribution in [0.5, 0.6) is 5.75 Å². The van der Waals surface area contributed by atoms with Gasteiger partial charge in [-0.1, -0.05) is 30.3 Å². The van der Waals surface area contributed by atoms with Crippen LogP contribution in [-0.4, -0.2) is 46.0 Å². The molecule has 176 valence electrons. The molecule has 0 saturated carbocycles. The second-order valence-corrected chi connectivity index (χ2v) is 7.95. The van der Waals surface area contributed by atoms with Crippen LogP contribution in [0.15, 0.2) is 69.3 Å². The van der Waals surface area contributed by atoms with Crippen molar-refractivity contribution in [1.82, 2.24) is 19.1 Å². The van der Waals surface area contributed by atoms with Crippen molar-refractivity contribution in [2.24, 2.45) is 12.1 Å². The minimum absolute atomic E-state index is 0.283. The van der Waals surface area contributed by atoms with E-state index in [2.05, 4.69) is 20.5 Å². The van der Waals surface area contributed by atoms with Gasteiger partial charge in [0.2, 0.25) is 5.95 Å². The van der Waals surface area contributed by atoms with Crippen molar-refractivity contribution in [2.45, 2.75) is 13.0 Å². The number of hydrazone groups is 1. The molecule has 2 aromatic carbocycles. The number of anilines is 2. The van der Waals surface area contributed by atoms with E-state index in [1.807, 2.05) is 73.6 Å². The third-order valence-electron chi connectivity index (χ3n) is 5.33. The smallest absolute Gasteiger partial charge is 0.329 e. The fourth-order valence-corrected chi connectivity index (χ4v) is 3.49. The van der Waals surface area contributed by atoms with Crippen LogP contribution in [0.25, 0.3) is 11.2 Å². The lowest BCUT2D eigenvalue weighted by atomic mass is 10.2. The Balaban J connectivity index is 1.55. The van der Waals surface area contributed by atoms with Crippen molar-refractivity contribution in [1.29, 1.82) is 0 Å². The monoisotopic (exact) mass is 461 g/mol.